The molecule has 0 radical (unpaired) electrons. The Labute approximate surface area is 91.2 Å². The van der Waals surface area contributed by atoms with Gasteiger partial charge >= 0.3 is 0 Å². The average Bonchev–Trinajstić information content (AvgIpc) is 2.76. The Hall–Kier alpha value is -0.970. The van der Waals surface area contributed by atoms with Crippen molar-refractivity contribution in [2.24, 2.45) is 0 Å². The zero-order valence-electron chi connectivity index (χ0n) is 9.74. The van der Waals surface area contributed by atoms with Crippen LogP contribution in [0.4, 0.5) is 0 Å². The van der Waals surface area contributed by atoms with Gasteiger partial charge in [0.2, 0.25) is 0 Å². The molecule has 1 aromatic heterocycles. The molecule has 0 amide bonds. The van der Waals surface area contributed by atoms with Crippen molar-refractivity contribution in [3.8, 4) is 0 Å². The van der Waals surface area contributed by atoms with Crippen molar-refractivity contribution in [2.45, 2.75) is 39.5 Å². The number of aryl methyl sites for hydroxylation is 1. The standard InChI is InChI=1S/C10H21N5/c1-3-5-8-15(4-2)9-6-7-10-11-13-14-12-10/h3-9H2,1-2H3,(H,11,12,13,14). The van der Waals surface area contributed by atoms with E-state index in [0.29, 0.717) is 0 Å². The van der Waals surface area contributed by atoms with E-state index in [0.717, 1.165) is 31.8 Å². The predicted molar refractivity (Wildman–Crippen MR) is 59.5 cm³/mol. The van der Waals surface area contributed by atoms with Gasteiger partial charge < -0.3 is 4.90 Å². The van der Waals surface area contributed by atoms with E-state index >= 15 is 0 Å². The van der Waals surface area contributed by atoms with Gasteiger partial charge in [0.1, 0.15) is 0 Å². The number of rotatable bonds is 8. The summed E-state index contributed by atoms with van der Waals surface area (Å²) in [7, 11) is 0. The van der Waals surface area contributed by atoms with Crippen LogP contribution in [-0.4, -0.2) is 45.2 Å². The van der Waals surface area contributed by atoms with E-state index in [-0.39, 0.29) is 0 Å². The summed E-state index contributed by atoms with van der Waals surface area (Å²) in [6.45, 7) is 7.91. The van der Waals surface area contributed by atoms with Crippen molar-refractivity contribution < 1.29 is 0 Å². The number of H-pyrrole nitrogens is 1. The third-order valence-corrected chi connectivity index (χ3v) is 2.54. The predicted octanol–water partition coefficient (Wildman–Crippen LogP) is 1.25. The molecule has 0 unspecified atom stereocenters. The summed E-state index contributed by atoms with van der Waals surface area (Å²) in [5, 5.41) is 13.9. The lowest BCUT2D eigenvalue weighted by Crippen LogP contribution is -2.26. The molecule has 1 rings (SSSR count). The summed E-state index contributed by atoms with van der Waals surface area (Å²) < 4.78 is 0. The van der Waals surface area contributed by atoms with Crippen molar-refractivity contribution >= 4 is 0 Å². The molecule has 0 aromatic carbocycles. The van der Waals surface area contributed by atoms with Gasteiger partial charge in [-0.1, -0.05) is 25.5 Å². The minimum Gasteiger partial charge on any atom is -0.304 e. The zero-order chi connectivity index (χ0) is 10.9. The SMILES string of the molecule is CCCCN(CC)CCCc1nn[nH]n1. The molecular formula is C10H21N5. The van der Waals surface area contributed by atoms with Gasteiger partial charge in [-0.3, -0.25) is 0 Å². The lowest BCUT2D eigenvalue weighted by Gasteiger charge is -2.19. The molecule has 0 saturated heterocycles. The third kappa shape index (κ3) is 4.88. The molecule has 0 bridgehead atoms. The van der Waals surface area contributed by atoms with Crippen molar-refractivity contribution in [3.63, 3.8) is 0 Å². The Morgan fingerprint density at radius 1 is 1.20 bits per heavy atom. The summed E-state index contributed by atoms with van der Waals surface area (Å²) in [6, 6.07) is 0. The Morgan fingerprint density at radius 2 is 2.00 bits per heavy atom. The first-order valence-corrected chi connectivity index (χ1v) is 5.81. The van der Waals surface area contributed by atoms with Crippen LogP contribution >= 0.6 is 0 Å². The minimum atomic E-state index is 0.821. The van der Waals surface area contributed by atoms with Crippen LogP contribution in [0.2, 0.25) is 0 Å². The van der Waals surface area contributed by atoms with Crippen molar-refractivity contribution in [2.75, 3.05) is 19.6 Å². The molecule has 0 aliphatic carbocycles. The van der Waals surface area contributed by atoms with E-state index in [1.165, 1.54) is 19.4 Å². The number of tetrazole rings is 1. The molecule has 0 saturated carbocycles. The lowest BCUT2D eigenvalue weighted by atomic mass is 10.2. The molecule has 0 fully saturated rings. The Kier molecular flexibility index (Phi) is 5.92. The topological polar surface area (TPSA) is 57.7 Å². The second-order valence-corrected chi connectivity index (χ2v) is 3.72. The smallest absolute Gasteiger partial charge is 0.174 e. The van der Waals surface area contributed by atoms with E-state index in [9.17, 15) is 0 Å². The third-order valence-electron chi connectivity index (χ3n) is 2.54. The van der Waals surface area contributed by atoms with Crippen LogP contribution < -0.4 is 0 Å². The van der Waals surface area contributed by atoms with Crippen molar-refractivity contribution in [1.29, 1.82) is 0 Å². The molecule has 5 heteroatoms. The van der Waals surface area contributed by atoms with E-state index in [1.54, 1.807) is 0 Å². The van der Waals surface area contributed by atoms with Crippen LogP contribution in [0.3, 0.4) is 0 Å². The fourth-order valence-corrected chi connectivity index (χ4v) is 1.56. The Balaban J connectivity index is 2.11. The van der Waals surface area contributed by atoms with E-state index in [2.05, 4.69) is 39.4 Å². The number of hydrogen-bond donors (Lipinski definition) is 1. The molecule has 0 spiro atoms. The van der Waals surface area contributed by atoms with Gasteiger partial charge in [0, 0.05) is 6.42 Å². The quantitative estimate of drug-likeness (QED) is 0.703. The highest BCUT2D eigenvalue weighted by atomic mass is 15.5. The van der Waals surface area contributed by atoms with Crippen molar-refractivity contribution in [3.05, 3.63) is 5.82 Å². The highest BCUT2D eigenvalue weighted by molar-refractivity contribution is 4.76. The van der Waals surface area contributed by atoms with Gasteiger partial charge in [-0.25, -0.2) is 0 Å². The summed E-state index contributed by atoms with van der Waals surface area (Å²) in [5.41, 5.74) is 0. The Morgan fingerprint density at radius 3 is 2.60 bits per heavy atom. The maximum atomic E-state index is 3.94. The number of unbranched alkanes of at least 4 members (excludes halogenated alkanes) is 1. The molecule has 0 atom stereocenters. The molecule has 15 heavy (non-hydrogen) atoms. The number of aromatic nitrogens is 4. The van der Waals surface area contributed by atoms with E-state index in [4.69, 9.17) is 0 Å². The monoisotopic (exact) mass is 211 g/mol. The maximum absolute atomic E-state index is 3.94. The summed E-state index contributed by atoms with van der Waals surface area (Å²) >= 11 is 0. The molecule has 86 valence electrons. The normalized spacial score (nSPS) is 11.1. The van der Waals surface area contributed by atoms with Crippen LogP contribution in [0.5, 0.6) is 0 Å². The van der Waals surface area contributed by atoms with Gasteiger partial charge in [-0.05, 0) is 32.5 Å². The molecule has 1 N–H and O–H groups in total. The summed E-state index contributed by atoms with van der Waals surface area (Å²) in [4.78, 5) is 2.48. The first-order chi connectivity index (χ1) is 7.36. The summed E-state index contributed by atoms with van der Waals surface area (Å²) in [6.07, 6.45) is 4.58. The van der Waals surface area contributed by atoms with Gasteiger partial charge in [0.05, 0.1) is 0 Å². The fourth-order valence-electron chi connectivity index (χ4n) is 1.56. The maximum Gasteiger partial charge on any atom is 0.174 e. The number of aromatic amines is 1. The largest absolute Gasteiger partial charge is 0.304 e. The second kappa shape index (κ2) is 7.34. The molecule has 1 aromatic rings. The molecule has 5 nitrogen and oxygen atoms in total. The average molecular weight is 211 g/mol. The molecule has 1 heterocycles. The van der Waals surface area contributed by atoms with Crippen LogP contribution in [0.1, 0.15) is 38.9 Å². The Bertz CT molecular complexity index is 234. The van der Waals surface area contributed by atoms with Gasteiger partial charge in [-0.2, -0.15) is 5.21 Å². The lowest BCUT2D eigenvalue weighted by molar-refractivity contribution is 0.279. The first kappa shape index (κ1) is 12.1. The number of nitrogens with zero attached hydrogens (tertiary/aromatic N) is 4. The highest BCUT2D eigenvalue weighted by Crippen LogP contribution is 1.99. The second-order valence-electron chi connectivity index (χ2n) is 3.72. The molecule has 0 aliphatic rings. The zero-order valence-corrected chi connectivity index (χ0v) is 9.74. The van der Waals surface area contributed by atoms with Crippen LogP contribution in [0.25, 0.3) is 0 Å². The number of nitrogens with one attached hydrogen (secondary N) is 1. The molecular weight excluding hydrogens is 190 g/mol. The molecule has 0 aliphatic heterocycles. The van der Waals surface area contributed by atoms with Crippen LogP contribution in [0, 0.1) is 0 Å². The van der Waals surface area contributed by atoms with Gasteiger partial charge in [-0.15, -0.1) is 10.2 Å². The first-order valence-electron chi connectivity index (χ1n) is 5.81. The van der Waals surface area contributed by atoms with Gasteiger partial charge in [0.25, 0.3) is 0 Å². The van der Waals surface area contributed by atoms with E-state index in [1.807, 2.05) is 0 Å². The summed E-state index contributed by atoms with van der Waals surface area (Å²) in [5.74, 6) is 0.821. The highest BCUT2D eigenvalue weighted by Gasteiger charge is 2.03. The van der Waals surface area contributed by atoms with Crippen molar-refractivity contribution in [1.82, 2.24) is 25.5 Å². The van der Waals surface area contributed by atoms with Crippen LogP contribution in [0.15, 0.2) is 0 Å². The van der Waals surface area contributed by atoms with Crippen LogP contribution in [-0.2, 0) is 6.42 Å². The fraction of sp³-hybridized carbons (Fsp3) is 0.900. The minimum absolute atomic E-state index is 0.821. The van der Waals surface area contributed by atoms with Gasteiger partial charge in [0.15, 0.2) is 5.82 Å². The van der Waals surface area contributed by atoms with E-state index < -0.39 is 0 Å². The number of hydrogen-bond acceptors (Lipinski definition) is 4.